The van der Waals surface area contributed by atoms with Gasteiger partial charge in [-0.05, 0) is 18.8 Å². The summed E-state index contributed by atoms with van der Waals surface area (Å²) in [4.78, 5) is 1.95. The topological polar surface area (TPSA) is 83.7 Å². The Morgan fingerprint density at radius 3 is 2.95 bits per heavy atom. The quantitative estimate of drug-likeness (QED) is 0.644. The second-order valence-corrected chi connectivity index (χ2v) is 5.02. The minimum Gasteiger partial charge on any atom is -0.407 e. The number of nitrogens with zero attached hydrogens (tertiary/aromatic N) is 3. The maximum atomic E-state index is 9.26. The molecule has 0 aliphatic heterocycles. The van der Waals surface area contributed by atoms with Crippen molar-refractivity contribution in [3.63, 3.8) is 0 Å². The molecule has 1 aromatic rings. The lowest BCUT2D eigenvalue weighted by atomic mass is 9.82. The molecule has 0 saturated heterocycles. The van der Waals surface area contributed by atoms with Crippen molar-refractivity contribution in [2.24, 2.45) is 5.92 Å². The Morgan fingerprint density at radius 1 is 1.47 bits per heavy atom. The molecule has 0 atom stereocenters. The fourth-order valence-electron chi connectivity index (χ4n) is 2.15. The van der Waals surface area contributed by atoms with E-state index in [-0.39, 0.29) is 6.10 Å². The Hall–Kier alpha value is -1.18. The lowest BCUT2D eigenvalue weighted by molar-refractivity contribution is 0.0461. The van der Waals surface area contributed by atoms with Gasteiger partial charge in [-0.15, -0.1) is 5.10 Å². The summed E-state index contributed by atoms with van der Waals surface area (Å²) in [6, 6.07) is 0.532. The monoisotopic (exact) mass is 270 g/mol. The number of methoxy groups -OCH3 is 1. The van der Waals surface area contributed by atoms with Gasteiger partial charge in [-0.2, -0.15) is 0 Å². The average molecular weight is 270 g/mol. The van der Waals surface area contributed by atoms with E-state index in [0.29, 0.717) is 31.0 Å². The van der Waals surface area contributed by atoms with Crippen LogP contribution in [0.5, 0.6) is 0 Å². The predicted octanol–water partition coefficient (Wildman–Crippen LogP) is 0.0127. The molecule has 0 spiro atoms. The second kappa shape index (κ2) is 6.83. The van der Waals surface area contributed by atoms with Crippen molar-refractivity contribution in [3.05, 3.63) is 5.89 Å². The fraction of sp³-hybridized carbons (Fsp3) is 0.833. The fourth-order valence-corrected chi connectivity index (χ4v) is 2.15. The summed E-state index contributed by atoms with van der Waals surface area (Å²) < 4.78 is 10.5. The molecule has 0 bridgehead atoms. The van der Waals surface area contributed by atoms with Gasteiger partial charge >= 0.3 is 6.01 Å². The van der Waals surface area contributed by atoms with Crippen LogP contribution in [0.1, 0.15) is 18.7 Å². The van der Waals surface area contributed by atoms with Gasteiger partial charge in [0.2, 0.25) is 5.89 Å². The van der Waals surface area contributed by atoms with Crippen LogP contribution >= 0.6 is 0 Å². The normalized spacial score (nSPS) is 22.3. The zero-order valence-electron chi connectivity index (χ0n) is 11.5. The molecule has 108 valence electrons. The maximum Gasteiger partial charge on any atom is 0.317 e. The van der Waals surface area contributed by atoms with Gasteiger partial charge in [-0.3, -0.25) is 0 Å². The van der Waals surface area contributed by atoms with Crippen molar-refractivity contribution in [1.29, 1.82) is 0 Å². The smallest absolute Gasteiger partial charge is 0.317 e. The summed E-state index contributed by atoms with van der Waals surface area (Å²) in [5.74, 6) is 1.10. The van der Waals surface area contributed by atoms with Gasteiger partial charge < -0.3 is 24.5 Å². The molecule has 19 heavy (non-hydrogen) atoms. The van der Waals surface area contributed by atoms with Crippen molar-refractivity contribution in [1.82, 2.24) is 15.5 Å². The third kappa shape index (κ3) is 4.15. The first kappa shape index (κ1) is 14.2. The van der Waals surface area contributed by atoms with E-state index >= 15 is 0 Å². The van der Waals surface area contributed by atoms with E-state index < -0.39 is 0 Å². The van der Waals surface area contributed by atoms with E-state index in [1.165, 1.54) is 0 Å². The van der Waals surface area contributed by atoms with Gasteiger partial charge in [0.15, 0.2) is 0 Å². The number of ether oxygens (including phenoxy) is 1. The molecule has 1 fully saturated rings. The maximum absolute atomic E-state index is 9.26. The van der Waals surface area contributed by atoms with Crippen LogP contribution in [0.3, 0.4) is 0 Å². The second-order valence-electron chi connectivity index (χ2n) is 5.02. The molecule has 1 heterocycles. The van der Waals surface area contributed by atoms with E-state index in [1.54, 1.807) is 7.11 Å². The molecule has 2 N–H and O–H groups in total. The zero-order chi connectivity index (χ0) is 13.7. The van der Waals surface area contributed by atoms with E-state index in [9.17, 15) is 5.11 Å². The Balaban J connectivity index is 1.72. The van der Waals surface area contributed by atoms with Gasteiger partial charge in [-0.1, -0.05) is 5.10 Å². The molecule has 0 aromatic carbocycles. The highest BCUT2D eigenvalue weighted by molar-refractivity contribution is 5.22. The predicted molar refractivity (Wildman–Crippen MR) is 69.9 cm³/mol. The lowest BCUT2D eigenvalue weighted by Crippen LogP contribution is -2.37. The number of rotatable bonds is 8. The first-order valence-corrected chi connectivity index (χ1v) is 6.60. The number of aliphatic hydroxyl groups is 1. The molecule has 1 aliphatic rings. The van der Waals surface area contributed by atoms with Crippen molar-refractivity contribution >= 4 is 6.01 Å². The van der Waals surface area contributed by atoms with Gasteiger partial charge in [-0.25, -0.2) is 0 Å². The van der Waals surface area contributed by atoms with Gasteiger partial charge in [0, 0.05) is 27.2 Å². The van der Waals surface area contributed by atoms with E-state index in [2.05, 4.69) is 15.5 Å². The number of anilines is 1. The van der Waals surface area contributed by atoms with Crippen LogP contribution in [0, 0.1) is 5.92 Å². The average Bonchev–Trinajstić information content (AvgIpc) is 2.81. The summed E-state index contributed by atoms with van der Waals surface area (Å²) in [7, 11) is 3.60. The molecule has 7 heteroatoms. The van der Waals surface area contributed by atoms with Crippen molar-refractivity contribution < 1.29 is 14.3 Å². The molecular weight excluding hydrogens is 248 g/mol. The standard InChI is InChI=1S/C12H22N4O3/c1-16(8-9-5-10(17)6-9)12-15-14-11(19-12)7-13-3-4-18-2/h9-10,13,17H,3-8H2,1-2H3. The van der Waals surface area contributed by atoms with Crippen LogP contribution < -0.4 is 10.2 Å². The Morgan fingerprint density at radius 2 is 2.26 bits per heavy atom. The summed E-state index contributed by atoms with van der Waals surface area (Å²) in [6.07, 6.45) is 1.61. The van der Waals surface area contributed by atoms with Crippen LogP contribution in [0.2, 0.25) is 0 Å². The zero-order valence-corrected chi connectivity index (χ0v) is 11.5. The molecule has 7 nitrogen and oxygen atoms in total. The summed E-state index contributed by atoms with van der Waals surface area (Å²) >= 11 is 0. The van der Waals surface area contributed by atoms with E-state index in [0.717, 1.165) is 25.9 Å². The Bertz CT molecular complexity index is 379. The molecular formula is C12H22N4O3. The third-order valence-electron chi connectivity index (χ3n) is 3.28. The molecule has 0 radical (unpaired) electrons. The molecule has 1 saturated carbocycles. The SMILES string of the molecule is COCCNCc1nnc(N(C)CC2CC(O)C2)o1. The van der Waals surface area contributed by atoms with E-state index in [4.69, 9.17) is 9.15 Å². The third-order valence-corrected chi connectivity index (χ3v) is 3.28. The highest BCUT2D eigenvalue weighted by atomic mass is 16.5. The summed E-state index contributed by atoms with van der Waals surface area (Å²) in [5.41, 5.74) is 0. The number of aliphatic hydroxyl groups excluding tert-OH is 1. The summed E-state index contributed by atoms with van der Waals surface area (Å²) in [5, 5.41) is 20.4. The first-order chi connectivity index (χ1) is 9.19. The molecule has 1 aromatic heterocycles. The van der Waals surface area contributed by atoms with Crippen molar-refractivity contribution in [3.8, 4) is 0 Å². The molecule has 0 unspecified atom stereocenters. The number of hydrogen-bond donors (Lipinski definition) is 2. The number of nitrogens with one attached hydrogen (secondary N) is 1. The summed E-state index contributed by atoms with van der Waals surface area (Å²) in [6.45, 7) is 2.80. The van der Waals surface area contributed by atoms with Crippen LogP contribution in [0.15, 0.2) is 4.42 Å². The highest BCUT2D eigenvalue weighted by Crippen LogP contribution is 2.28. The van der Waals surface area contributed by atoms with Crippen LogP contribution in [-0.4, -0.2) is 55.3 Å². The Kier molecular flexibility index (Phi) is 5.12. The van der Waals surface area contributed by atoms with Gasteiger partial charge in [0.05, 0.1) is 19.3 Å². The minimum absolute atomic E-state index is 0.123. The van der Waals surface area contributed by atoms with E-state index in [1.807, 2.05) is 11.9 Å². The molecule has 1 aliphatic carbocycles. The van der Waals surface area contributed by atoms with Crippen LogP contribution in [0.4, 0.5) is 6.01 Å². The van der Waals surface area contributed by atoms with Crippen molar-refractivity contribution in [2.75, 3.05) is 38.8 Å². The first-order valence-electron chi connectivity index (χ1n) is 6.60. The van der Waals surface area contributed by atoms with Gasteiger partial charge in [0.1, 0.15) is 0 Å². The lowest BCUT2D eigenvalue weighted by Gasteiger charge is -2.33. The van der Waals surface area contributed by atoms with Crippen LogP contribution in [-0.2, 0) is 11.3 Å². The largest absolute Gasteiger partial charge is 0.407 e. The van der Waals surface area contributed by atoms with Crippen LogP contribution in [0.25, 0.3) is 0 Å². The minimum atomic E-state index is -0.123. The van der Waals surface area contributed by atoms with Gasteiger partial charge in [0.25, 0.3) is 0 Å². The molecule has 2 rings (SSSR count). The number of hydrogen-bond acceptors (Lipinski definition) is 7. The number of aromatic nitrogens is 2. The Labute approximate surface area is 112 Å². The van der Waals surface area contributed by atoms with Crippen molar-refractivity contribution in [2.45, 2.75) is 25.5 Å². The molecule has 0 amide bonds. The highest BCUT2D eigenvalue weighted by Gasteiger charge is 2.29.